The summed E-state index contributed by atoms with van der Waals surface area (Å²) in [6.07, 6.45) is 3.31. The number of esters is 1. The molecule has 35 heavy (non-hydrogen) atoms. The molecule has 9 heteroatoms. The van der Waals surface area contributed by atoms with Crippen molar-refractivity contribution in [1.29, 1.82) is 0 Å². The summed E-state index contributed by atoms with van der Waals surface area (Å²) in [5.74, 6) is 1.56. The van der Waals surface area contributed by atoms with Crippen LogP contribution in [-0.4, -0.2) is 50.5 Å². The Morgan fingerprint density at radius 3 is 2.60 bits per heavy atom. The van der Waals surface area contributed by atoms with E-state index in [9.17, 15) is 9.90 Å². The topological polar surface area (TPSA) is 91.4 Å². The Kier molecular flexibility index (Phi) is 7.57. The summed E-state index contributed by atoms with van der Waals surface area (Å²) in [6.45, 7) is 7.06. The number of aliphatic hydroxyl groups is 1. The molecular formula is C26H29BrN4O4. The average Bonchev–Trinajstić information content (AvgIpc) is 3.47. The van der Waals surface area contributed by atoms with Crippen molar-refractivity contribution in [2.75, 3.05) is 20.3 Å². The zero-order chi connectivity index (χ0) is 25.1. The maximum absolute atomic E-state index is 12.3. The highest BCUT2D eigenvalue weighted by Crippen LogP contribution is 2.38. The molecule has 0 spiro atoms. The maximum Gasteiger partial charge on any atom is 0.374 e. The van der Waals surface area contributed by atoms with Crippen LogP contribution in [0.2, 0.25) is 0 Å². The largest absolute Gasteiger partial charge is 0.494 e. The molecule has 2 aromatic heterocycles. The summed E-state index contributed by atoms with van der Waals surface area (Å²) in [5, 5.41) is 9.82. The van der Waals surface area contributed by atoms with Gasteiger partial charge in [0.05, 0.1) is 31.3 Å². The van der Waals surface area contributed by atoms with Crippen LogP contribution in [0.3, 0.4) is 0 Å². The second-order valence-electron chi connectivity index (χ2n) is 8.44. The lowest BCUT2D eigenvalue weighted by Crippen LogP contribution is -2.14. The highest BCUT2D eigenvalue weighted by atomic mass is 79.9. The van der Waals surface area contributed by atoms with Gasteiger partial charge >= 0.3 is 5.97 Å². The van der Waals surface area contributed by atoms with Gasteiger partial charge in [-0.25, -0.2) is 14.8 Å². The SMILES string of the molecule is CCOC(=O)c1nccn1Cc1cc(OC)c2c(nc(-c3ccc(C(C)C)cc3)n2CCO)c1Br. The quantitative estimate of drug-likeness (QED) is 0.300. The Morgan fingerprint density at radius 1 is 1.23 bits per heavy atom. The van der Waals surface area contributed by atoms with E-state index >= 15 is 0 Å². The molecule has 0 aliphatic heterocycles. The molecule has 0 aliphatic rings. The number of ether oxygens (including phenoxy) is 2. The van der Waals surface area contributed by atoms with Crippen LogP contribution >= 0.6 is 15.9 Å². The number of imidazole rings is 2. The number of hydrogen-bond acceptors (Lipinski definition) is 6. The van der Waals surface area contributed by atoms with Crippen LogP contribution in [0.25, 0.3) is 22.4 Å². The Bertz CT molecular complexity index is 1340. The molecule has 0 atom stereocenters. The Balaban J connectivity index is 1.84. The Hall–Kier alpha value is -3.17. The molecule has 0 fully saturated rings. The van der Waals surface area contributed by atoms with E-state index in [1.165, 1.54) is 5.56 Å². The van der Waals surface area contributed by atoms with Crippen molar-refractivity contribution in [1.82, 2.24) is 19.1 Å². The predicted octanol–water partition coefficient (Wildman–Crippen LogP) is 5.01. The molecule has 0 saturated carbocycles. The van der Waals surface area contributed by atoms with Gasteiger partial charge in [0.1, 0.15) is 22.6 Å². The molecule has 0 unspecified atom stereocenters. The molecule has 8 nitrogen and oxygen atoms in total. The molecule has 0 radical (unpaired) electrons. The summed E-state index contributed by atoms with van der Waals surface area (Å²) in [7, 11) is 1.61. The van der Waals surface area contributed by atoms with E-state index < -0.39 is 5.97 Å². The molecule has 0 amide bonds. The number of aliphatic hydroxyl groups excluding tert-OH is 1. The fraction of sp³-hybridized carbons (Fsp3) is 0.346. The van der Waals surface area contributed by atoms with E-state index in [0.29, 0.717) is 30.3 Å². The monoisotopic (exact) mass is 540 g/mol. The van der Waals surface area contributed by atoms with E-state index in [2.05, 4.69) is 59.0 Å². The molecular weight excluding hydrogens is 512 g/mol. The first kappa shape index (κ1) is 24.9. The Labute approximate surface area is 212 Å². The lowest BCUT2D eigenvalue weighted by Gasteiger charge is -2.14. The molecule has 2 heterocycles. The summed E-state index contributed by atoms with van der Waals surface area (Å²) in [6, 6.07) is 10.3. The van der Waals surface area contributed by atoms with Crippen LogP contribution in [0.1, 0.15) is 48.4 Å². The van der Waals surface area contributed by atoms with Crippen LogP contribution in [0.15, 0.2) is 47.2 Å². The van der Waals surface area contributed by atoms with Crippen LogP contribution in [0, 0.1) is 0 Å². The number of fused-ring (bicyclic) bond motifs is 1. The number of carbonyl (C=O) groups is 1. The molecule has 1 N–H and O–H groups in total. The minimum atomic E-state index is -0.471. The third-order valence-electron chi connectivity index (χ3n) is 5.89. The normalized spacial score (nSPS) is 11.4. The fourth-order valence-electron chi connectivity index (χ4n) is 4.13. The molecule has 0 bridgehead atoms. The van der Waals surface area contributed by atoms with Gasteiger partial charge in [0, 0.05) is 24.5 Å². The molecule has 4 aromatic rings. The lowest BCUT2D eigenvalue weighted by molar-refractivity contribution is 0.0507. The predicted molar refractivity (Wildman–Crippen MR) is 138 cm³/mol. The summed E-state index contributed by atoms with van der Waals surface area (Å²) < 4.78 is 15.4. The second kappa shape index (κ2) is 10.6. The van der Waals surface area contributed by atoms with Crippen molar-refractivity contribution >= 4 is 32.9 Å². The summed E-state index contributed by atoms with van der Waals surface area (Å²) in [5.41, 5.74) is 4.57. The highest BCUT2D eigenvalue weighted by molar-refractivity contribution is 9.10. The number of methoxy groups -OCH3 is 1. The van der Waals surface area contributed by atoms with Crippen LogP contribution in [0.5, 0.6) is 5.75 Å². The van der Waals surface area contributed by atoms with Gasteiger partial charge in [0.25, 0.3) is 0 Å². The van der Waals surface area contributed by atoms with Crippen molar-refractivity contribution in [3.63, 3.8) is 0 Å². The third-order valence-corrected chi connectivity index (χ3v) is 6.77. The van der Waals surface area contributed by atoms with Crippen LogP contribution < -0.4 is 4.74 Å². The molecule has 0 aliphatic carbocycles. The number of halogens is 1. The van der Waals surface area contributed by atoms with Gasteiger partial charge in [-0.05, 0) is 46.0 Å². The van der Waals surface area contributed by atoms with E-state index in [1.54, 1.807) is 31.0 Å². The van der Waals surface area contributed by atoms with Crippen LogP contribution in [-0.2, 0) is 17.8 Å². The number of aromatic nitrogens is 4. The maximum atomic E-state index is 12.3. The number of carbonyl (C=O) groups excluding carboxylic acids is 1. The number of rotatable bonds is 9. The zero-order valence-electron chi connectivity index (χ0n) is 20.3. The number of nitrogens with zero attached hydrogens (tertiary/aromatic N) is 4. The highest BCUT2D eigenvalue weighted by Gasteiger charge is 2.22. The van der Waals surface area contributed by atoms with Crippen molar-refractivity contribution in [3.05, 3.63) is 64.1 Å². The van der Waals surface area contributed by atoms with Gasteiger partial charge in [-0.1, -0.05) is 38.1 Å². The Morgan fingerprint density at radius 2 is 1.97 bits per heavy atom. The van der Waals surface area contributed by atoms with Gasteiger partial charge < -0.3 is 23.7 Å². The van der Waals surface area contributed by atoms with Gasteiger partial charge in [-0.15, -0.1) is 0 Å². The van der Waals surface area contributed by atoms with E-state index in [1.807, 2.05) is 10.6 Å². The summed E-state index contributed by atoms with van der Waals surface area (Å²) >= 11 is 3.74. The standard InChI is InChI=1S/C26H29BrN4O4/c1-5-35-26(33)25-28-10-11-30(25)15-19-14-20(34-4)23-22(21(19)27)29-24(31(23)12-13-32)18-8-6-17(7-9-18)16(2)3/h6-11,14,16,32H,5,12-13,15H2,1-4H3. The first-order valence-electron chi connectivity index (χ1n) is 11.5. The summed E-state index contributed by atoms with van der Waals surface area (Å²) in [4.78, 5) is 21.4. The molecule has 2 aromatic carbocycles. The molecule has 0 saturated heterocycles. The number of benzene rings is 2. The van der Waals surface area contributed by atoms with Crippen molar-refractivity contribution < 1.29 is 19.4 Å². The van der Waals surface area contributed by atoms with Gasteiger partial charge in [0.15, 0.2) is 0 Å². The molecule has 184 valence electrons. The van der Waals surface area contributed by atoms with Crippen molar-refractivity contribution in [2.45, 2.75) is 39.8 Å². The first-order valence-corrected chi connectivity index (χ1v) is 12.3. The lowest BCUT2D eigenvalue weighted by atomic mass is 10.0. The van der Waals surface area contributed by atoms with E-state index in [4.69, 9.17) is 14.5 Å². The van der Waals surface area contributed by atoms with Gasteiger partial charge in [0.2, 0.25) is 5.82 Å². The van der Waals surface area contributed by atoms with Crippen LogP contribution in [0.4, 0.5) is 0 Å². The third kappa shape index (κ3) is 4.83. The molecule has 4 rings (SSSR count). The van der Waals surface area contributed by atoms with Crippen molar-refractivity contribution in [3.8, 4) is 17.1 Å². The minimum Gasteiger partial charge on any atom is -0.494 e. The van der Waals surface area contributed by atoms with Crippen molar-refractivity contribution in [2.24, 2.45) is 0 Å². The van der Waals surface area contributed by atoms with Gasteiger partial charge in [-0.3, -0.25) is 0 Å². The zero-order valence-corrected chi connectivity index (χ0v) is 21.9. The fourth-order valence-corrected chi connectivity index (χ4v) is 4.65. The minimum absolute atomic E-state index is 0.0387. The number of hydrogen-bond donors (Lipinski definition) is 1. The smallest absolute Gasteiger partial charge is 0.374 e. The van der Waals surface area contributed by atoms with E-state index in [0.717, 1.165) is 26.9 Å². The van der Waals surface area contributed by atoms with Gasteiger partial charge in [-0.2, -0.15) is 0 Å². The average molecular weight is 541 g/mol. The second-order valence-corrected chi connectivity index (χ2v) is 9.23. The van der Waals surface area contributed by atoms with E-state index in [-0.39, 0.29) is 19.0 Å². The first-order chi connectivity index (χ1) is 16.9.